The van der Waals surface area contributed by atoms with Crippen LogP contribution in [0.25, 0.3) is 0 Å². The third-order valence-electron chi connectivity index (χ3n) is 3.48. The molecule has 6 nitrogen and oxygen atoms in total. The molecule has 1 aliphatic heterocycles. The summed E-state index contributed by atoms with van der Waals surface area (Å²) in [7, 11) is -3.03. The number of nitrogens with two attached hydrogens (primary N) is 1. The largest absolute Gasteiger partial charge is 0.462 e. The van der Waals surface area contributed by atoms with Gasteiger partial charge in [0.2, 0.25) is 0 Å². The lowest BCUT2D eigenvalue weighted by atomic mass is 10.0. The molecular formula is C14H20N2O4S. The van der Waals surface area contributed by atoms with Crippen molar-refractivity contribution >= 4 is 27.2 Å². The number of anilines is 2. The van der Waals surface area contributed by atoms with E-state index in [-0.39, 0.29) is 18.1 Å². The van der Waals surface area contributed by atoms with Gasteiger partial charge in [-0.2, -0.15) is 0 Å². The summed E-state index contributed by atoms with van der Waals surface area (Å²) in [5, 5.41) is 3.17. The van der Waals surface area contributed by atoms with Gasteiger partial charge in [0.05, 0.1) is 23.7 Å². The normalized spacial score (nSPS) is 23.7. The van der Waals surface area contributed by atoms with Crippen LogP contribution in [-0.2, 0) is 14.6 Å². The second-order valence-electron chi connectivity index (χ2n) is 5.55. The van der Waals surface area contributed by atoms with Gasteiger partial charge in [-0.05, 0) is 38.5 Å². The second-order valence-corrected chi connectivity index (χ2v) is 7.74. The molecule has 1 fully saturated rings. The maximum Gasteiger partial charge on any atom is 0.340 e. The highest BCUT2D eigenvalue weighted by molar-refractivity contribution is 7.91. The standard InChI is InChI=1S/C14H20N2O4S/c1-3-20-13(17)11-8-10(15)4-5-12(11)16-14(2)6-7-21(18,19)9-14/h4-5,8,16H,3,6-7,9,15H2,1-2H3. The van der Waals surface area contributed by atoms with Gasteiger partial charge >= 0.3 is 5.97 Å². The molecule has 3 N–H and O–H groups in total. The summed E-state index contributed by atoms with van der Waals surface area (Å²) in [5.74, 6) is -0.274. The van der Waals surface area contributed by atoms with Gasteiger partial charge < -0.3 is 15.8 Å². The second kappa shape index (κ2) is 5.55. The van der Waals surface area contributed by atoms with Crippen molar-refractivity contribution in [1.29, 1.82) is 0 Å². The highest BCUT2D eigenvalue weighted by Crippen LogP contribution is 2.30. The Kier molecular flexibility index (Phi) is 4.13. The first-order valence-electron chi connectivity index (χ1n) is 6.80. The number of nitrogen functional groups attached to an aromatic ring is 1. The molecule has 0 aromatic heterocycles. The molecule has 0 amide bonds. The zero-order valence-corrected chi connectivity index (χ0v) is 13.0. The van der Waals surface area contributed by atoms with Gasteiger partial charge in [-0.15, -0.1) is 0 Å². The van der Waals surface area contributed by atoms with Gasteiger partial charge in [0.1, 0.15) is 0 Å². The van der Waals surface area contributed by atoms with Crippen molar-refractivity contribution in [2.24, 2.45) is 0 Å². The van der Waals surface area contributed by atoms with Crippen molar-refractivity contribution in [2.75, 3.05) is 29.2 Å². The summed E-state index contributed by atoms with van der Waals surface area (Å²) in [6, 6.07) is 4.88. The monoisotopic (exact) mass is 312 g/mol. The van der Waals surface area contributed by atoms with Gasteiger partial charge in [-0.1, -0.05) is 0 Å². The molecule has 0 bridgehead atoms. The third kappa shape index (κ3) is 3.66. The summed E-state index contributed by atoms with van der Waals surface area (Å²) >= 11 is 0. The molecule has 0 spiro atoms. The number of carbonyl (C=O) groups excluding carboxylic acids is 1. The first-order chi connectivity index (χ1) is 9.75. The van der Waals surface area contributed by atoms with Gasteiger partial charge in [0.25, 0.3) is 0 Å². The fourth-order valence-corrected chi connectivity index (χ4v) is 4.58. The van der Waals surface area contributed by atoms with E-state index in [1.54, 1.807) is 19.1 Å². The topological polar surface area (TPSA) is 98.5 Å². The van der Waals surface area contributed by atoms with Crippen molar-refractivity contribution in [2.45, 2.75) is 25.8 Å². The molecule has 21 heavy (non-hydrogen) atoms. The molecule has 1 saturated heterocycles. The maximum atomic E-state index is 12.0. The van der Waals surface area contributed by atoms with Crippen molar-refractivity contribution in [3.8, 4) is 0 Å². The zero-order valence-electron chi connectivity index (χ0n) is 12.2. The fourth-order valence-electron chi connectivity index (χ4n) is 2.48. The molecule has 1 aliphatic rings. The Hall–Kier alpha value is -1.76. The molecule has 1 aromatic rings. The smallest absolute Gasteiger partial charge is 0.340 e. The van der Waals surface area contributed by atoms with E-state index in [1.165, 1.54) is 6.07 Å². The summed E-state index contributed by atoms with van der Waals surface area (Å²) in [6.45, 7) is 3.82. The van der Waals surface area contributed by atoms with E-state index in [9.17, 15) is 13.2 Å². The van der Waals surface area contributed by atoms with Crippen LogP contribution in [0.15, 0.2) is 18.2 Å². The minimum Gasteiger partial charge on any atom is -0.462 e. The molecule has 0 aliphatic carbocycles. The first kappa shape index (κ1) is 15.6. The van der Waals surface area contributed by atoms with E-state index in [2.05, 4.69) is 5.32 Å². The van der Waals surface area contributed by atoms with Crippen LogP contribution in [0.4, 0.5) is 11.4 Å². The number of hydrogen-bond acceptors (Lipinski definition) is 6. The SMILES string of the molecule is CCOC(=O)c1cc(N)ccc1NC1(C)CCS(=O)(=O)C1. The fraction of sp³-hybridized carbons (Fsp3) is 0.500. The Bertz CT molecular complexity index is 657. The number of esters is 1. The molecular weight excluding hydrogens is 292 g/mol. The van der Waals surface area contributed by atoms with Crippen molar-refractivity contribution < 1.29 is 17.9 Å². The Morgan fingerprint density at radius 3 is 2.76 bits per heavy atom. The lowest BCUT2D eigenvalue weighted by molar-refractivity contribution is 0.0527. The highest BCUT2D eigenvalue weighted by Gasteiger charge is 2.38. The van der Waals surface area contributed by atoms with Gasteiger partial charge in [0.15, 0.2) is 9.84 Å². The number of nitrogens with one attached hydrogen (secondary N) is 1. The van der Waals surface area contributed by atoms with Crippen molar-refractivity contribution in [3.63, 3.8) is 0 Å². The Labute approximate surface area is 124 Å². The Morgan fingerprint density at radius 2 is 2.19 bits per heavy atom. The molecule has 1 aromatic carbocycles. The van der Waals surface area contributed by atoms with Crippen LogP contribution >= 0.6 is 0 Å². The Morgan fingerprint density at radius 1 is 1.48 bits per heavy atom. The summed E-state index contributed by atoms with van der Waals surface area (Å²) in [4.78, 5) is 12.0. The summed E-state index contributed by atoms with van der Waals surface area (Å²) in [5.41, 5.74) is 6.44. The van der Waals surface area contributed by atoms with Crippen LogP contribution in [0.1, 0.15) is 30.6 Å². The van der Waals surface area contributed by atoms with Crippen LogP contribution in [-0.4, -0.2) is 38.0 Å². The van der Waals surface area contributed by atoms with Crippen LogP contribution < -0.4 is 11.1 Å². The van der Waals surface area contributed by atoms with E-state index in [0.717, 1.165) is 0 Å². The number of benzene rings is 1. The minimum atomic E-state index is -3.03. The molecule has 1 unspecified atom stereocenters. The summed E-state index contributed by atoms with van der Waals surface area (Å²) < 4.78 is 28.3. The molecule has 7 heteroatoms. The quantitative estimate of drug-likeness (QED) is 0.645. The molecule has 2 rings (SSSR count). The van der Waals surface area contributed by atoms with Gasteiger partial charge in [0, 0.05) is 16.9 Å². The number of ether oxygens (including phenoxy) is 1. The van der Waals surface area contributed by atoms with Gasteiger partial charge in [-0.3, -0.25) is 0 Å². The van der Waals surface area contributed by atoms with E-state index in [0.29, 0.717) is 23.4 Å². The average Bonchev–Trinajstić information content (AvgIpc) is 2.66. The van der Waals surface area contributed by atoms with Crippen LogP contribution in [0.2, 0.25) is 0 Å². The van der Waals surface area contributed by atoms with Crippen molar-refractivity contribution in [3.05, 3.63) is 23.8 Å². The van der Waals surface area contributed by atoms with E-state index >= 15 is 0 Å². The molecule has 1 heterocycles. The minimum absolute atomic E-state index is 0.0483. The predicted molar refractivity (Wildman–Crippen MR) is 82.1 cm³/mol. The zero-order chi connectivity index (χ0) is 15.7. The van der Waals surface area contributed by atoms with E-state index < -0.39 is 21.3 Å². The third-order valence-corrected chi connectivity index (χ3v) is 5.38. The Balaban J connectivity index is 2.30. The average molecular weight is 312 g/mol. The lowest BCUT2D eigenvalue weighted by Gasteiger charge is -2.26. The predicted octanol–water partition coefficient (Wildman–Crippen LogP) is 1.43. The first-order valence-corrected chi connectivity index (χ1v) is 8.62. The summed E-state index contributed by atoms with van der Waals surface area (Å²) in [6.07, 6.45) is 0.502. The van der Waals surface area contributed by atoms with Crippen LogP contribution in [0.3, 0.4) is 0 Å². The van der Waals surface area contributed by atoms with Gasteiger partial charge in [-0.25, -0.2) is 13.2 Å². The molecule has 0 saturated carbocycles. The molecule has 0 radical (unpaired) electrons. The molecule has 1 atom stereocenters. The number of rotatable bonds is 4. The molecule has 116 valence electrons. The maximum absolute atomic E-state index is 12.0. The van der Waals surface area contributed by atoms with Crippen LogP contribution in [0, 0.1) is 0 Å². The lowest BCUT2D eigenvalue weighted by Crippen LogP contribution is -2.36. The van der Waals surface area contributed by atoms with Crippen LogP contribution in [0.5, 0.6) is 0 Å². The van der Waals surface area contributed by atoms with E-state index in [4.69, 9.17) is 10.5 Å². The highest BCUT2D eigenvalue weighted by atomic mass is 32.2. The number of sulfone groups is 1. The number of hydrogen-bond donors (Lipinski definition) is 2. The van der Waals surface area contributed by atoms with E-state index in [1.807, 2.05) is 6.92 Å². The van der Waals surface area contributed by atoms with Crippen molar-refractivity contribution in [1.82, 2.24) is 0 Å². The number of carbonyl (C=O) groups is 1.